The van der Waals surface area contributed by atoms with Crippen LogP contribution in [0, 0.1) is 0 Å². The minimum atomic E-state index is 0.401. The number of thiophene rings is 1. The molecule has 0 aliphatic rings. The van der Waals surface area contributed by atoms with Crippen molar-refractivity contribution in [1.29, 1.82) is 0 Å². The molecular weight excluding hydrogens is 394 g/mol. The van der Waals surface area contributed by atoms with Crippen LogP contribution in [-0.2, 0) is 23.3 Å². The lowest BCUT2D eigenvalue weighted by molar-refractivity contribution is 0.136. The third kappa shape index (κ3) is 3.66. The van der Waals surface area contributed by atoms with Crippen LogP contribution >= 0.6 is 23.3 Å². The third-order valence-corrected chi connectivity index (χ3v) is 6.21. The molecule has 7 nitrogen and oxygen atoms in total. The summed E-state index contributed by atoms with van der Waals surface area (Å²) in [5.74, 6) is 0.672. The van der Waals surface area contributed by atoms with E-state index in [4.69, 9.17) is 9.47 Å². The standard InChI is InChI=1S/C19H21N5O2S2/c1-22-11-20-19(21-22)16-10-14-6-4-7-15(18(14)23(16)12-25-2)24(13-26-3)28-17-8-5-9-27-17/h4-11H,12-13H2,1-3H3. The van der Waals surface area contributed by atoms with Gasteiger partial charge >= 0.3 is 0 Å². The maximum Gasteiger partial charge on any atom is 0.197 e. The number of rotatable bonds is 8. The smallest absolute Gasteiger partial charge is 0.197 e. The zero-order chi connectivity index (χ0) is 19.5. The molecule has 4 rings (SSSR count). The molecule has 0 fully saturated rings. The van der Waals surface area contributed by atoms with E-state index in [0.717, 1.165) is 22.3 Å². The minimum Gasteiger partial charge on any atom is -0.364 e. The van der Waals surface area contributed by atoms with E-state index in [1.807, 2.05) is 7.05 Å². The molecule has 0 atom stereocenters. The van der Waals surface area contributed by atoms with Gasteiger partial charge in [0.1, 0.15) is 19.8 Å². The van der Waals surface area contributed by atoms with Crippen molar-refractivity contribution in [3.8, 4) is 11.5 Å². The van der Waals surface area contributed by atoms with E-state index in [1.165, 1.54) is 4.21 Å². The second-order valence-electron chi connectivity index (χ2n) is 6.15. The molecule has 0 radical (unpaired) electrons. The van der Waals surface area contributed by atoms with Crippen molar-refractivity contribution in [1.82, 2.24) is 19.3 Å². The summed E-state index contributed by atoms with van der Waals surface area (Å²) in [4.78, 5) is 4.43. The van der Waals surface area contributed by atoms with E-state index in [9.17, 15) is 0 Å². The first kappa shape index (κ1) is 19.0. The van der Waals surface area contributed by atoms with Crippen LogP contribution in [0.15, 0.2) is 52.3 Å². The Morgan fingerprint density at radius 1 is 1.18 bits per heavy atom. The first-order valence-corrected chi connectivity index (χ1v) is 10.3. The van der Waals surface area contributed by atoms with Gasteiger partial charge in [-0.05, 0) is 23.6 Å². The number of ether oxygens (including phenoxy) is 2. The SMILES string of the molecule is COCN(Sc1cccs1)c1cccc2cc(-c3ncn(C)n3)n(COC)c12. The van der Waals surface area contributed by atoms with Gasteiger partial charge in [0, 0.05) is 38.6 Å². The number of hydrogen-bond acceptors (Lipinski definition) is 7. The average molecular weight is 416 g/mol. The van der Waals surface area contributed by atoms with Gasteiger partial charge in [0.05, 0.1) is 21.1 Å². The average Bonchev–Trinajstić information content (AvgIpc) is 3.42. The number of benzene rings is 1. The van der Waals surface area contributed by atoms with Crippen LogP contribution in [0.2, 0.25) is 0 Å². The molecule has 0 bridgehead atoms. The topological polar surface area (TPSA) is 57.3 Å². The molecule has 0 aliphatic carbocycles. The Bertz CT molecular complexity index is 1060. The maximum absolute atomic E-state index is 5.51. The predicted octanol–water partition coefficient (Wildman–Crippen LogP) is 4.22. The quantitative estimate of drug-likeness (QED) is 0.317. The molecule has 28 heavy (non-hydrogen) atoms. The fourth-order valence-corrected chi connectivity index (χ4v) is 4.92. The summed E-state index contributed by atoms with van der Waals surface area (Å²) in [6, 6.07) is 12.5. The minimum absolute atomic E-state index is 0.401. The van der Waals surface area contributed by atoms with E-state index in [0.29, 0.717) is 19.3 Å². The summed E-state index contributed by atoms with van der Waals surface area (Å²) in [5, 5.41) is 7.66. The number of para-hydroxylation sites is 1. The molecule has 0 unspecified atom stereocenters. The molecule has 0 saturated carbocycles. The van der Waals surface area contributed by atoms with E-state index in [1.54, 1.807) is 48.5 Å². The summed E-state index contributed by atoms with van der Waals surface area (Å²) in [7, 11) is 5.26. The number of aryl methyl sites for hydroxylation is 1. The van der Waals surface area contributed by atoms with Crippen LogP contribution in [0.1, 0.15) is 0 Å². The van der Waals surface area contributed by atoms with Crippen LogP contribution < -0.4 is 4.31 Å². The van der Waals surface area contributed by atoms with Crippen LogP contribution in [0.4, 0.5) is 5.69 Å². The first-order valence-electron chi connectivity index (χ1n) is 8.66. The number of methoxy groups -OCH3 is 2. The van der Waals surface area contributed by atoms with Crippen molar-refractivity contribution in [3.05, 3.63) is 48.1 Å². The molecule has 1 aromatic carbocycles. The van der Waals surface area contributed by atoms with E-state index < -0.39 is 0 Å². The Hall–Kier alpha value is -2.33. The Balaban J connectivity index is 1.86. The molecule has 0 amide bonds. The van der Waals surface area contributed by atoms with Crippen molar-refractivity contribution in [2.75, 3.05) is 25.3 Å². The number of aromatic nitrogens is 4. The first-order chi connectivity index (χ1) is 13.7. The van der Waals surface area contributed by atoms with Gasteiger partial charge in [0.2, 0.25) is 0 Å². The molecule has 0 N–H and O–H groups in total. The van der Waals surface area contributed by atoms with Gasteiger partial charge in [0.15, 0.2) is 5.82 Å². The largest absolute Gasteiger partial charge is 0.364 e. The number of hydrogen-bond donors (Lipinski definition) is 0. The number of anilines is 1. The molecule has 0 aliphatic heterocycles. The highest BCUT2D eigenvalue weighted by Gasteiger charge is 2.20. The molecular formula is C19H21N5O2S2. The summed E-state index contributed by atoms with van der Waals surface area (Å²) in [6.07, 6.45) is 1.70. The second-order valence-corrected chi connectivity index (χ2v) is 8.42. The molecule has 9 heteroatoms. The van der Waals surface area contributed by atoms with Gasteiger partial charge in [-0.1, -0.05) is 18.2 Å². The van der Waals surface area contributed by atoms with Crippen LogP contribution in [-0.4, -0.2) is 40.3 Å². The maximum atomic E-state index is 5.51. The van der Waals surface area contributed by atoms with Crippen LogP contribution in [0.5, 0.6) is 0 Å². The lowest BCUT2D eigenvalue weighted by Crippen LogP contribution is -2.18. The summed E-state index contributed by atoms with van der Waals surface area (Å²) >= 11 is 3.37. The van der Waals surface area contributed by atoms with Gasteiger partial charge in [-0.2, -0.15) is 0 Å². The molecule has 0 saturated heterocycles. The Morgan fingerprint density at radius 2 is 2.07 bits per heavy atom. The van der Waals surface area contributed by atoms with Crippen molar-refractivity contribution in [2.24, 2.45) is 7.05 Å². The lowest BCUT2D eigenvalue weighted by Gasteiger charge is -2.23. The van der Waals surface area contributed by atoms with Crippen LogP contribution in [0.3, 0.4) is 0 Å². The fourth-order valence-electron chi connectivity index (χ4n) is 3.10. The molecule has 3 heterocycles. The van der Waals surface area contributed by atoms with Crippen molar-refractivity contribution < 1.29 is 9.47 Å². The fraction of sp³-hybridized carbons (Fsp3) is 0.263. The van der Waals surface area contributed by atoms with Gasteiger partial charge in [-0.15, -0.1) is 16.4 Å². The number of nitrogens with zero attached hydrogens (tertiary/aromatic N) is 5. The van der Waals surface area contributed by atoms with Gasteiger partial charge in [-0.25, -0.2) is 4.98 Å². The summed E-state index contributed by atoms with van der Waals surface area (Å²) in [6.45, 7) is 0.857. The van der Waals surface area contributed by atoms with Gasteiger partial charge < -0.3 is 14.0 Å². The Labute approximate surface area is 171 Å². The second kappa shape index (κ2) is 8.36. The molecule has 3 aromatic heterocycles. The van der Waals surface area contributed by atoms with Crippen molar-refractivity contribution in [3.63, 3.8) is 0 Å². The summed E-state index contributed by atoms with van der Waals surface area (Å²) < 4.78 is 18.2. The van der Waals surface area contributed by atoms with Crippen molar-refractivity contribution >= 4 is 39.9 Å². The highest BCUT2D eigenvalue weighted by molar-refractivity contribution is 8.02. The molecule has 4 aromatic rings. The van der Waals surface area contributed by atoms with E-state index >= 15 is 0 Å². The zero-order valence-corrected chi connectivity index (χ0v) is 17.5. The highest BCUT2D eigenvalue weighted by Crippen LogP contribution is 2.38. The van der Waals surface area contributed by atoms with Gasteiger partial charge in [-0.3, -0.25) is 8.99 Å². The monoisotopic (exact) mass is 415 g/mol. The molecule has 146 valence electrons. The third-order valence-electron chi connectivity index (χ3n) is 4.20. The zero-order valence-electron chi connectivity index (χ0n) is 15.9. The lowest BCUT2D eigenvalue weighted by atomic mass is 10.2. The van der Waals surface area contributed by atoms with Gasteiger partial charge in [0.25, 0.3) is 0 Å². The Kier molecular flexibility index (Phi) is 5.67. The summed E-state index contributed by atoms with van der Waals surface area (Å²) in [5.41, 5.74) is 3.04. The van der Waals surface area contributed by atoms with Crippen LogP contribution in [0.25, 0.3) is 22.4 Å². The Morgan fingerprint density at radius 3 is 2.75 bits per heavy atom. The van der Waals surface area contributed by atoms with Crippen molar-refractivity contribution in [2.45, 2.75) is 10.9 Å². The van der Waals surface area contributed by atoms with E-state index in [-0.39, 0.29) is 0 Å². The number of fused-ring (bicyclic) bond motifs is 1. The van der Waals surface area contributed by atoms with E-state index in [2.05, 4.69) is 60.7 Å². The highest BCUT2D eigenvalue weighted by atomic mass is 32.2. The molecule has 0 spiro atoms. The normalized spacial score (nSPS) is 11.4. The predicted molar refractivity (Wildman–Crippen MR) is 113 cm³/mol.